The van der Waals surface area contributed by atoms with Crippen LogP contribution in [-0.4, -0.2) is 11.5 Å². The summed E-state index contributed by atoms with van der Waals surface area (Å²) in [5.41, 5.74) is 4.96. The molecule has 6 heteroatoms. The molecule has 98 valence electrons. The Labute approximate surface area is 101 Å². The average Bonchev–Trinajstić information content (AvgIpc) is 2.65. The molecule has 1 aromatic carbocycles. The second-order valence-electron chi connectivity index (χ2n) is 4.13. The Bertz CT molecular complexity index is 584. The van der Waals surface area contributed by atoms with Gasteiger partial charge in [0.15, 0.2) is 0 Å². The Kier molecular flexibility index (Phi) is 3.06. The number of benzene rings is 1. The van der Waals surface area contributed by atoms with Crippen molar-refractivity contribution < 1.29 is 17.6 Å². The van der Waals surface area contributed by atoms with Crippen LogP contribution in [-0.2, 0) is 12.6 Å². The van der Waals surface area contributed by atoms with Crippen molar-refractivity contribution in [3.63, 3.8) is 0 Å². The van der Waals surface area contributed by atoms with Crippen molar-refractivity contribution in [2.24, 2.45) is 5.73 Å². The maximum Gasteiger partial charge on any atom is 0.431 e. The third-order valence-corrected chi connectivity index (χ3v) is 2.89. The highest BCUT2D eigenvalue weighted by molar-refractivity contribution is 5.88. The fourth-order valence-corrected chi connectivity index (χ4v) is 2.15. The summed E-state index contributed by atoms with van der Waals surface area (Å²) in [6.07, 6.45) is -4.48. The van der Waals surface area contributed by atoms with Crippen LogP contribution in [0.4, 0.5) is 17.6 Å². The van der Waals surface area contributed by atoms with E-state index in [2.05, 4.69) is 4.98 Å². The van der Waals surface area contributed by atoms with Gasteiger partial charge in [0.2, 0.25) is 0 Å². The molecule has 0 spiro atoms. The molecule has 0 aliphatic carbocycles. The molecule has 0 saturated heterocycles. The highest BCUT2D eigenvalue weighted by Gasteiger charge is 2.36. The second-order valence-corrected chi connectivity index (χ2v) is 4.13. The molecule has 0 radical (unpaired) electrons. The van der Waals surface area contributed by atoms with Gasteiger partial charge in [-0.3, -0.25) is 0 Å². The Hall–Kier alpha value is -1.56. The Morgan fingerprint density at radius 3 is 2.50 bits per heavy atom. The summed E-state index contributed by atoms with van der Waals surface area (Å²) in [7, 11) is 0. The lowest BCUT2D eigenvalue weighted by molar-refractivity contribution is -0.141. The second kappa shape index (κ2) is 4.28. The summed E-state index contributed by atoms with van der Waals surface area (Å²) >= 11 is 0. The lowest BCUT2D eigenvalue weighted by Crippen LogP contribution is -2.12. The fraction of sp³-hybridized carbons (Fsp3) is 0.333. The number of fused-ring (bicyclic) bond motifs is 1. The van der Waals surface area contributed by atoms with E-state index in [9.17, 15) is 17.6 Å². The predicted octanol–water partition coefficient (Wildman–Crippen LogP) is 3.14. The first-order chi connectivity index (χ1) is 8.36. The molecule has 2 aromatic rings. The Morgan fingerprint density at radius 1 is 1.28 bits per heavy atom. The van der Waals surface area contributed by atoms with Gasteiger partial charge in [-0.2, -0.15) is 13.2 Å². The van der Waals surface area contributed by atoms with Crippen molar-refractivity contribution in [2.45, 2.75) is 19.5 Å². The fourth-order valence-electron chi connectivity index (χ4n) is 2.15. The van der Waals surface area contributed by atoms with Gasteiger partial charge in [-0.1, -0.05) is 6.07 Å². The van der Waals surface area contributed by atoms with Crippen LogP contribution in [0.2, 0.25) is 0 Å². The van der Waals surface area contributed by atoms with Gasteiger partial charge in [0, 0.05) is 5.39 Å². The van der Waals surface area contributed by atoms with Gasteiger partial charge < -0.3 is 10.7 Å². The summed E-state index contributed by atoms with van der Waals surface area (Å²) in [4.78, 5) is 2.14. The summed E-state index contributed by atoms with van der Waals surface area (Å²) in [5, 5.41) is 0.285. The number of hydrogen-bond donors (Lipinski definition) is 2. The minimum Gasteiger partial charge on any atom is -0.348 e. The van der Waals surface area contributed by atoms with Crippen molar-refractivity contribution >= 4 is 10.9 Å². The SMILES string of the molecule is Cc1ccc(F)c2[nH]c(C(F)(F)F)c(CCN)c12. The largest absolute Gasteiger partial charge is 0.431 e. The molecule has 0 amide bonds. The lowest BCUT2D eigenvalue weighted by atomic mass is 10.0. The molecule has 0 saturated carbocycles. The van der Waals surface area contributed by atoms with Crippen molar-refractivity contribution in [1.29, 1.82) is 0 Å². The summed E-state index contributed by atoms with van der Waals surface area (Å²) in [5.74, 6) is -0.690. The number of hydrogen-bond acceptors (Lipinski definition) is 1. The summed E-state index contributed by atoms with van der Waals surface area (Å²) < 4.78 is 52.2. The van der Waals surface area contributed by atoms with Gasteiger partial charge in [0.05, 0.1) is 5.52 Å². The predicted molar refractivity (Wildman–Crippen MR) is 60.8 cm³/mol. The average molecular weight is 260 g/mol. The number of nitrogens with two attached hydrogens (primary N) is 1. The molecular formula is C12H12F4N2. The van der Waals surface area contributed by atoms with E-state index in [1.807, 2.05) is 0 Å². The van der Waals surface area contributed by atoms with Gasteiger partial charge >= 0.3 is 6.18 Å². The molecule has 1 heterocycles. The summed E-state index contributed by atoms with van der Waals surface area (Å²) in [6.45, 7) is 1.72. The molecule has 0 fully saturated rings. The van der Waals surface area contributed by atoms with Crippen molar-refractivity contribution in [3.8, 4) is 0 Å². The maximum absolute atomic E-state index is 13.6. The van der Waals surface area contributed by atoms with Crippen LogP contribution in [0, 0.1) is 12.7 Å². The minimum atomic E-state index is -4.54. The van der Waals surface area contributed by atoms with Gasteiger partial charge in [-0.15, -0.1) is 0 Å². The maximum atomic E-state index is 13.6. The van der Waals surface area contributed by atoms with Crippen LogP contribution in [0.1, 0.15) is 16.8 Å². The topological polar surface area (TPSA) is 41.8 Å². The summed E-state index contributed by atoms with van der Waals surface area (Å²) in [6, 6.07) is 2.62. The first kappa shape index (κ1) is 12.9. The number of aromatic amines is 1. The van der Waals surface area contributed by atoms with Crippen LogP contribution >= 0.6 is 0 Å². The van der Waals surface area contributed by atoms with E-state index in [0.29, 0.717) is 5.56 Å². The van der Waals surface area contributed by atoms with E-state index >= 15 is 0 Å². The molecule has 0 unspecified atom stereocenters. The van der Waals surface area contributed by atoms with Gasteiger partial charge in [0.25, 0.3) is 0 Å². The number of halogens is 4. The van der Waals surface area contributed by atoms with Crippen LogP contribution < -0.4 is 5.73 Å². The molecule has 0 bridgehead atoms. The number of H-pyrrole nitrogens is 1. The van der Waals surface area contributed by atoms with E-state index < -0.39 is 17.7 Å². The number of rotatable bonds is 2. The van der Waals surface area contributed by atoms with Crippen LogP contribution in [0.5, 0.6) is 0 Å². The molecule has 18 heavy (non-hydrogen) atoms. The Morgan fingerprint density at radius 2 is 1.94 bits per heavy atom. The molecule has 2 rings (SSSR count). The van der Waals surface area contributed by atoms with Crippen molar-refractivity contribution in [1.82, 2.24) is 4.98 Å². The first-order valence-electron chi connectivity index (χ1n) is 5.43. The van der Waals surface area contributed by atoms with E-state index in [1.165, 1.54) is 6.07 Å². The molecular weight excluding hydrogens is 248 g/mol. The molecule has 0 aliphatic heterocycles. The highest BCUT2D eigenvalue weighted by atomic mass is 19.4. The number of aryl methyl sites for hydroxylation is 1. The van der Waals surface area contributed by atoms with Crippen molar-refractivity contribution in [3.05, 3.63) is 34.8 Å². The lowest BCUT2D eigenvalue weighted by Gasteiger charge is -2.07. The monoisotopic (exact) mass is 260 g/mol. The smallest absolute Gasteiger partial charge is 0.348 e. The van der Waals surface area contributed by atoms with Crippen LogP contribution in [0.25, 0.3) is 10.9 Å². The normalized spacial score (nSPS) is 12.3. The van der Waals surface area contributed by atoms with Crippen molar-refractivity contribution in [2.75, 3.05) is 6.54 Å². The van der Waals surface area contributed by atoms with Gasteiger partial charge in [-0.25, -0.2) is 4.39 Å². The zero-order chi connectivity index (χ0) is 13.5. The zero-order valence-corrected chi connectivity index (χ0v) is 9.66. The zero-order valence-electron chi connectivity index (χ0n) is 9.66. The Balaban J connectivity index is 2.84. The highest BCUT2D eigenvalue weighted by Crippen LogP contribution is 2.37. The molecule has 2 nitrogen and oxygen atoms in total. The van der Waals surface area contributed by atoms with Crippen LogP contribution in [0.15, 0.2) is 12.1 Å². The van der Waals surface area contributed by atoms with E-state index in [4.69, 9.17) is 5.73 Å². The quantitative estimate of drug-likeness (QED) is 0.800. The number of alkyl halides is 3. The van der Waals surface area contributed by atoms with Crippen LogP contribution in [0.3, 0.4) is 0 Å². The molecule has 3 N–H and O–H groups in total. The number of aromatic nitrogens is 1. The van der Waals surface area contributed by atoms with Gasteiger partial charge in [-0.05, 0) is 37.1 Å². The molecule has 0 atom stereocenters. The standard InChI is InChI=1S/C12H12F4N2/c1-6-2-3-8(13)10-9(6)7(4-5-17)11(18-10)12(14,15)16/h2-3,18H,4-5,17H2,1H3. The van der Waals surface area contributed by atoms with Gasteiger partial charge in [0.1, 0.15) is 11.5 Å². The third-order valence-electron chi connectivity index (χ3n) is 2.89. The molecule has 1 aromatic heterocycles. The van der Waals surface area contributed by atoms with E-state index in [-0.39, 0.29) is 29.4 Å². The molecule has 0 aliphatic rings. The number of nitrogens with one attached hydrogen (secondary N) is 1. The van der Waals surface area contributed by atoms with E-state index in [1.54, 1.807) is 6.92 Å². The van der Waals surface area contributed by atoms with E-state index in [0.717, 1.165) is 6.07 Å². The minimum absolute atomic E-state index is 0.0389. The third kappa shape index (κ3) is 1.96. The first-order valence-corrected chi connectivity index (χ1v) is 5.43.